The van der Waals surface area contributed by atoms with Gasteiger partial charge in [0.15, 0.2) is 0 Å². The van der Waals surface area contributed by atoms with Gasteiger partial charge in [-0.15, -0.1) is 0 Å². The van der Waals surface area contributed by atoms with Crippen molar-refractivity contribution in [3.63, 3.8) is 0 Å². The van der Waals surface area contributed by atoms with Crippen LogP contribution < -0.4 is 10.9 Å². The summed E-state index contributed by atoms with van der Waals surface area (Å²) >= 11 is 6.13. The zero-order chi connectivity index (χ0) is 17.8. The normalized spacial score (nSPS) is 12.0. The smallest absolute Gasteiger partial charge is 0.292 e. The summed E-state index contributed by atoms with van der Waals surface area (Å²) in [6.07, 6.45) is 0.543. The quantitative estimate of drug-likeness (QED) is 0.734. The van der Waals surface area contributed by atoms with Crippen LogP contribution in [0.3, 0.4) is 0 Å². The van der Waals surface area contributed by atoms with Gasteiger partial charge in [0.05, 0.1) is 23.7 Å². The number of aromatic nitrogens is 2. The third-order valence-corrected chi connectivity index (χ3v) is 4.03. The lowest BCUT2D eigenvalue weighted by molar-refractivity contribution is 0.191. The van der Waals surface area contributed by atoms with Crippen LogP contribution in [0.5, 0.6) is 0 Å². The van der Waals surface area contributed by atoms with Crippen molar-refractivity contribution in [1.29, 1.82) is 0 Å². The van der Waals surface area contributed by atoms with Crippen molar-refractivity contribution in [2.75, 3.05) is 11.9 Å². The molecule has 5 nitrogen and oxygen atoms in total. The number of nitrogens with zero attached hydrogens (tertiary/aromatic N) is 2. The first-order chi connectivity index (χ1) is 12.1. The van der Waals surface area contributed by atoms with Crippen molar-refractivity contribution >= 4 is 17.3 Å². The van der Waals surface area contributed by atoms with E-state index < -0.39 is 11.7 Å². The van der Waals surface area contributed by atoms with Gasteiger partial charge >= 0.3 is 0 Å². The maximum Gasteiger partial charge on any atom is 0.292 e. The molecule has 0 spiro atoms. The number of hydrogen-bond acceptors (Lipinski definition) is 4. The molecular formula is C18H15ClFN3O2. The van der Waals surface area contributed by atoms with Gasteiger partial charge in [-0.1, -0.05) is 41.9 Å². The van der Waals surface area contributed by atoms with Crippen LogP contribution in [0.2, 0.25) is 5.02 Å². The van der Waals surface area contributed by atoms with Gasteiger partial charge in [-0.25, -0.2) is 4.39 Å². The van der Waals surface area contributed by atoms with Crippen molar-refractivity contribution in [1.82, 2.24) is 9.78 Å². The average Bonchev–Trinajstić information content (AvgIpc) is 2.64. The van der Waals surface area contributed by atoms with Crippen LogP contribution in [0.25, 0.3) is 5.69 Å². The van der Waals surface area contributed by atoms with E-state index in [1.165, 1.54) is 35.1 Å². The lowest BCUT2D eigenvalue weighted by Gasteiger charge is -2.14. The Morgan fingerprint density at radius 3 is 2.52 bits per heavy atom. The van der Waals surface area contributed by atoms with E-state index in [-0.39, 0.29) is 17.4 Å². The lowest BCUT2D eigenvalue weighted by Crippen LogP contribution is -2.23. The Morgan fingerprint density at radius 1 is 1.16 bits per heavy atom. The molecule has 0 aliphatic carbocycles. The van der Waals surface area contributed by atoms with Crippen LogP contribution in [0.15, 0.2) is 65.6 Å². The SMILES string of the molecule is O=c1c(Cl)c(NC[C@@H](O)c2ccc(F)cc2)cnn1-c1ccccc1. The van der Waals surface area contributed by atoms with Gasteiger partial charge in [-0.05, 0) is 29.8 Å². The molecule has 2 N–H and O–H groups in total. The number of aliphatic hydroxyl groups excluding tert-OH is 1. The molecule has 3 rings (SSSR count). The van der Waals surface area contributed by atoms with E-state index in [0.29, 0.717) is 16.9 Å². The number of para-hydroxylation sites is 1. The Morgan fingerprint density at radius 2 is 1.84 bits per heavy atom. The summed E-state index contributed by atoms with van der Waals surface area (Å²) in [5, 5.41) is 17.1. The van der Waals surface area contributed by atoms with Crippen LogP contribution in [0.1, 0.15) is 11.7 Å². The molecule has 0 bridgehead atoms. The van der Waals surface area contributed by atoms with Gasteiger partial charge < -0.3 is 10.4 Å². The zero-order valence-electron chi connectivity index (χ0n) is 13.1. The molecule has 2 aromatic carbocycles. The molecule has 25 heavy (non-hydrogen) atoms. The Labute approximate surface area is 148 Å². The lowest BCUT2D eigenvalue weighted by atomic mass is 10.1. The highest BCUT2D eigenvalue weighted by Gasteiger charge is 2.13. The van der Waals surface area contributed by atoms with E-state index in [9.17, 15) is 14.3 Å². The van der Waals surface area contributed by atoms with Crippen molar-refractivity contribution in [3.8, 4) is 5.69 Å². The third-order valence-electron chi connectivity index (χ3n) is 3.66. The van der Waals surface area contributed by atoms with E-state index >= 15 is 0 Å². The predicted molar refractivity (Wildman–Crippen MR) is 94.7 cm³/mol. The first-order valence-corrected chi connectivity index (χ1v) is 7.94. The Kier molecular flexibility index (Phi) is 5.11. The second-order valence-electron chi connectivity index (χ2n) is 5.37. The number of anilines is 1. The maximum atomic E-state index is 12.9. The van der Waals surface area contributed by atoms with Crippen molar-refractivity contribution in [3.05, 3.63) is 87.6 Å². The minimum atomic E-state index is -0.881. The van der Waals surface area contributed by atoms with Gasteiger partial charge in [0, 0.05) is 6.54 Å². The van der Waals surface area contributed by atoms with Crippen LogP contribution in [0, 0.1) is 5.82 Å². The van der Waals surface area contributed by atoms with E-state index in [4.69, 9.17) is 11.6 Å². The number of aliphatic hydroxyl groups is 1. The molecule has 3 aromatic rings. The largest absolute Gasteiger partial charge is 0.387 e. The van der Waals surface area contributed by atoms with Gasteiger partial charge in [0.2, 0.25) is 0 Å². The molecule has 1 aromatic heterocycles. The number of benzene rings is 2. The number of hydrogen-bond donors (Lipinski definition) is 2. The highest BCUT2D eigenvalue weighted by atomic mass is 35.5. The Hall–Kier alpha value is -2.70. The molecule has 7 heteroatoms. The topological polar surface area (TPSA) is 67.2 Å². The van der Waals surface area contributed by atoms with Gasteiger partial charge in [0.25, 0.3) is 5.56 Å². The third kappa shape index (κ3) is 3.87. The molecular weight excluding hydrogens is 345 g/mol. The minimum absolute atomic E-state index is 0.0230. The predicted octanol–water partition coefficient (Wildman–Crippen LogP) is 3.17. The molecule has 0 amide bonds. The molecule has 0 saturated carbocycles. The van der Waals surface area contributed by atoms with E-state index in [1.54, 1.807) is 24.3 Å². The molecule has 128 valence electrons. The fraction of sp³-hybridized carbons (Fsp3) is 0.111. The second-order valence-corrected chi connectivity index (χ2v) is 5.75. The maximum absolute atomic E-state index is 12.9. The van der Waals surface area contributed by atoms with Crippen molar-refractivity contribution in [2.45, 2.75) is 6.10 Å². The summed E-state index contributed by atoms with van der Waals surface area (Å²) in [7, 11) is 0. The summed E-state index contributed by atoms with van der Waals surface area (Å²) < 4.78 is 14.1. The standard InChI is InChI=1S/C18H15ClFN3O2/c19-17-15(21-11-16(24)12-6-8-13(20)9-7-12)10-22-23(18(17)25)14-4-2-1-3-5-14/h1-10,16,21,24H,11H2/t16-/m1/s1. The Bertz CT molecular complexity index is 914. The molecule has 0 aliphatic rings. The van der Waals surface area contributed by atoms with Gasteiger partial charge in [0.1, 0.15) is 10.8 Å². The van der Waals surface area contributed by atoms with Gasteiger partial charge in [-0.3, -0.25) is 4.79 Å². The monoisotopic (exact) mass is 359 g/mol. The van der Waals surface area contributed by atoms with Crippen LogP contribution >= 0.6 is 11.6 Å². The fourth-order valence-corrected chi connectivity index (χ4v) is 2.51. The molecule has 0 aliphatic heterocycles. The number of nitrogens with one attached hydrogen (secondary N) is 1. The molecule has 0 saturated heterocycles. The number of halogens is 2. The highest BCUT2D eigenvalue weighted by Crippen LogP contribution is 2.19. The van der Waals surface area contributed by atoms with Crippen LogP contribution in [0.4, 0.5) is 10.1 Å². The molecule has 0 unspecified atom stereocenters. The van der Waals surface area contributed by atoms with E-state index in [2.05, 4.69) is 10.4 Å². The Balaban J connectivity index is 1.76. The summed E-state index contributed by atoms with van der Waals surface area (Å²) in [5.74, 6) is -0.374. The summed E-state index contributed by atoms with van der Waals surface area (Å²) in [4.78, 5) is 12.4. The van der Waals surface area contributed by atoms with Gasteiger partial charge in [-0.2, -0.15) is 9.78 Å². The molecule has 1 atom stereocenters. The zero-order valence-corrected chi connectivity index (χ0v) is 13.8. The first-order valence-electron chi connectivity index (χ1n) is 7.57. The van der Waals surface area contributed by atoms with Crippen LogP contribution in [-0.4, -0.2) is 21.4 Å². The summed E-state index contributed by atoms with van der Waals surface area (Å²) in [6, 6.07) is 14.5. The van der Waals surface area contributed by atoms with E-state index in [0.717, 1.165) is 0 Å². The van der Waals surface area contributed by atoms with E-state index in [1.807, 2.05) is 6.07 Å². The molecule has 0 radical (unpaired) electrons. The summed E-state index contributed by atoms with van der Waals surface area (Å²) in [6.45, 7) is 0.0990. The van der Waals surface area contributed by atoms with Crippen molar-refractivity contribution < 1.29 is 9.50 Å². The molecule has 0 fully saturated rings. The first kappa shape index (κ1) is 17.1. The number of rotatable bonds is 5. The summed E-state index contributed by atoms with van der Waals surface area (Å²) in [5.41, 5.74) is 1.01. The average molecular weight is 360 g/mol. The highest BCUT2D eigenvalue weighted by molar-refractivity contribution is 6.32. The van der Waals surface area contributed by atoms with Crippen LogP contribution in [-0.2, 0) is 0 Å². The molecule has 1 heterocycles. The fourth-order valence-electron chi connectivity index (χ4n) is 2.32. The van der Waals surface area contributed by atoms with Crippen molar-refractivity contribution in [2.24, 2.45) is 0 Å². The second kappa shape index (κ2) is 7.46. The minimum Gasteiger partial charge on any atom is -0.387 e.